The van der Waals surface area contributed by atoms with E-state index < -0.39 is 0 Å². The zero-order chi connectivity index (χ0) is 20.1. The van der Waals surface area contributed by atoms with Gasteiger partial charge in [-0.25, -0.2) is 0 Å². The molecule has 3 rings (SSSR count). The predicted molar refractivity (Wildman–Crippen MR) is 113 cm³/mol. The average Bonchev–Trinajstić information content (AvgIpc) is 3.01. The van der Waals surface area contributed by atoms with E-state index in [1.54, 1.807) is 33.5 Å². The number of ether oxygens (including phenoxy) is 3. The molecule has 3 aromatic rings. The van der Waals surface area contributed by atoms with Crippen LogP contribution < -0.4 is 14.3 Å². The summed E-state index contributed by atoms with van der Waals surface area (Å²) in [5, 5.41) is 0. The number of aromatic nitrogens is 1. The zero-order valence-electron chi connectivity index (χ0n) is 15.9. The summed E-state index contributed by atoms with van der Waals surface area (Å²) >= 11 is 4.98. The topological polar surface area (TPSA) is 62.1 Å². The first-order chi connectivity index (χ1) is 13.5. The maximum Gasteiger partial charge on any atom is 0.252 e. The number of methoxy groups -OCH3 is 3. The van der Waals surface area contributed by atoms with Crippen molar-refractivity contribution >= 4 is 43.4 Å². The molecule has 2 aromatic carbocycles. The third-order valence-electron chi connectivity index (χ3n) is 4.19. The molecule has 0 spiro atoms. The molecule has 0 bridgehead atoms. The second-order valence-electron chi connectivity index (χ2n) is 6.01. The molecule has 0 atom stereocenters. The fraction of sp³-hybridized carbons (Fsp3) is 0.300. The molecule has 0 aliphatic heterocycles. The molecule has 0 saturated heterocycles. The second kappa shape index (κ2) is 9.36. The van der Waals surface area contributed by atoms with Crippen molar-refractivity contribution in [2.45, 2.75) is 13.0 Å². The Hall–Kier alpha value is -2.16. The van der Waals surface area contributed by atoms with Crippen molar-refractivity contribution in [3.05, 3.63) is 51.2 Å². The maximum absolute atomic E-state index is 12.6. The van der Waals surface area contributed by atoms with Crippen LogP contribution in [-0.2, 0) is 22.5 Å². The highest BCUT2D eigenvalue weighted by atomic mass is 79.9. The number of rotatable bonds is 7. The molecule has 8 heteroatoms. The van der Waals surface area contributed by atoms with Crippen LogP contribution in [0.2, 0.25) is 0 Å². The smallest absolute Gasteiger partial charge is 0.252 e. The molecule has 148 valence electrons. The fourth-order valence-electron chi connectivity index (χ4n) is 2.84. The molecule has 0 N–H and O–H groups in total. The van der Waals surface area contributed by atoms with Crippen LogP contribution in [0.1, 0.15) is 5.56 Å². The van der Waals surface area contributed by atoms with E-state index in [9.17, 15) is 4.79 Å². The number of benzene rings is 2. The number of nitrogens with zero attached hydrogens (tertiary/aromatic N) is 2. The average molecular weight is 465 g/mol. The van der Waals surface area contributed by atoms with Gasteiger partial charge in [0.1, 0.15) is 0 Å². The third kappa shape index (κ3) is 4.63. The lowest BCUT2D eigenvalue weighted by atomic mass is 10.1. The van der Waals surface area contributed by atoms with Crippen LogP contribution in [0.25, 0.3) is 10.2 Å². The van der Waals surface area contributed by atoms with Crippen molar-refractivity contribution in [2.75, 3.05) is 27.9 Å². The van der Waals surface area contributed by atoms with Gasteiger partial charge < -0.3 is 18.8 Å². The molecule has 28 heavy (non-hydrogen) atoms. The van der Waals surface area contributed by atoms with Gasteiger partial charge in [-0.2, -0.15) is 4.99 Å². The van der Waals surface area contributed by atoms with E-state index in [4.69, 9.17) is 14.2 Å². The Labute approximate surface area is 175 Å². The molecule has 0 fully saturated rings. The summed E-state index contributed by atoms with van der Waals surface area (Å²) in [7, 11) is 4.81. The first kappa shape index (κ1) is 20.6. The van der Waals surface area contributed by atoms with Gasteiger partial charge >= 0.3 is 0 Å². The summed E-state index contributed by atoms with van der Waals surface area (Å²) in [6.45, 7) is 1.17. The van der Waals surface area contributed by atoms with Gasteiger partial charge in [0, 0.05) is 18.1 Å². The molecule has 0 aliphatic rings. The predicted octanol–water partition coefficient (Wildman–Crippen LogP) is 3.80. The number of halogens is 1. The van der Waals surface area contributed by atoms with E-state index in [-0.39, 0.29) is 12.3 Å². The number of amides is 1. The van der Waals surface area contributed by atoms with Crippen LogP contribution in [0.3, 0.4) is 0 Å². The highest BCUT2D eigenvalue weighted by Crippen LogP contribution is 2.28. The summed E-state index contributed by atoms with van der Waals surface area (Å²) in [5.41, 5.74) is 1.85. The van der Waals surface area contributed by atoms with Crippen LogP contribution >= 0.6 is 27.3 Å². The first-order valence-corrected chi connectivity index (χ1v) is 10.2. The fourth-order valence-corrected chi connectivity index (χ4v) is 4.47. The van der Waals surface area contributed by atoms with Crippen molar-refractivity contribution in [3.8, 4) is 11.5 Å². The van der Waals surface area contributed by atoms with Gasteiger partial charge in [-0.15, -0.1) is 0 Å². The van der Waals surface area contributed by atoms with Gasteiger partial charge in [0.2, 0.25) is 0 Å². The van der Waals surface area contributed by atoms with Crippen molar-refractivity contribution in [1.29, 1.82) is 0 Å². The monoisotopic (exact) mass is 464 g/mol. The first-order valence-electron chi connectivity index (χ1n) is 8.62. The summed E-state index contributed by atoms with van der Waals surface area (Å²) in [4.78, 5) is 17.7. The van der Waals surface area contributed by atoms with Crippen molar-refractivity contribution in [2.24, 2.45) is 4.99 Å². The minimum absolute atomic E-state index is 0.183. The Kier molecular flexibility index (Phi) is 6.88. The molecule has 0 saturated carbocycles. The summed E-state index contributed by atoms with van der Waals surface area (Å²) < 4.78 is 19.8. The summed E-state index contributed by atoms with van der Waals surface area (Å²) in [6, 6.07) is 11.5. The van der Waals surface area contributed by atoms with Crippen molar-refractivity contribution in [3.63, 3.8) is 0 Å². The maximum atomic E-state index is 12.6. The van der Waals surface area contributed by atoms with Gasteiger partial charge in [0.15, 0.2) is 16.3 Å². The lowest BCUT2D eigenvalue weighted by Gasteiger charge is -2.08. The molecule has 0 unspecified atom stereocenters. The molecule has 0 radical (unpaired) electrons. The van der Waals surface area contributed by atoms with Crippen molar-refractivity contribution in [1.82, 2.24) is 4.57 Å². The number of thiazole rings is 1. The van der Waals surface area contributed by atoms with E-state index in [1.807, 2.05) is 28.8 Å². The second-order valence-corrected chi connectivity index (χ2v) is 7.94. The molecule has 1 heterocycles. The quantitative estimate of drug-likeness (QED) is 0.533. The van der Waals surface area contributed by atoms with E-state index in [0.29, 0.717) is 29.5 Å². The van der Waals surface area contributed by atoms with Crippen LogP contribution in [0.4, 0.5) is 0 Å². The Morgan fingerprint density at radius 1 is 1.11 bits per heavy atom. The Balaban J connectivity index is 1.93. The number of carbonyl (C=O) groups is 1. The molecule has 6 nitrogen and oxygen atoms in total. The van der Waals surface area contributed by atoms with Crippen LogP contribution in [0.5, 0.6) is 11.5 Å². The molecule has 1 amide bonds. The van der Waals surface area contributed by atoms with Gasteiger partial charge in [-0.05, 0) is 35.9 Å². The Bertz CT molecular complexity index is 1060. The Morgan fingerprint density at radius 3 is 2.61 bits per heavy atom. The molecule has 1 aromatic heterocycles. The number of hydrogen-bond acceptors (Lipinski definition) is 5. The van der Waals surface area contributed by atoms with Crippen LogP contribution in [0, 0.1) is 0 Å². The van der Waals surface area contributed by atoms with Gasteiger partial charge in [-0.1, -0.05) is 33.3 Å². The third-order valence-corrected chi connectivity index (χ3v) is 5.72. The minimum Gasteiger partial charge on any atom is -0.493 e. The van der Waals surface area contributed by atoms with Crippen LogP contribution in [-0.4, -0.2) is 38.4 Å². The van der Waals surface area contributed by atoms with E-state index in [1.165, 1.54) is 11.3 Å². The van der Waals surface area contributed by atoms with E-state index in [0.717, 1.165) is 20.3 Å². The number of carbonyl (C=O) groups excluding carboxylic acids is 1. The standard InChI is InChI=1S/C20H21BrN2O4S/c1-25-9-8-23-15-6-5-14(21)12-18(15)28-20(23)22-19(24)11-13-4-7-16(26-2)17(10-13)27-3/h4-7,10,12H,8-9,11H2,1-3H3. The van der Waals surface area contributed by atoms with Gasteiger partial charge in [0.05, 0.1) is 37.5 Å². The Morgan fingerprint density at radius 2 is 1.89 bits per heavy atom. The zero-order valence-corrected chi connectivity index (χ0v) is 18.3. The van der Waals surface area contributed by atoms with Gasteiger partial charge in [0.25, 0.3) is 5.91 Å². The summed E-state index contributed by atoms with van der Waals surface area (Å²) in [5.74, 6) is 1.00. The minimum atomic E-state index is -0.219. The molecule has 0 aliphatic carbocycles. The van der Waals surface area contributed by atoms with Gasteiger partial charge in [-0.3, -0.25) is 4.79 Å². The van der Waals surface area contributed by atoms with Crippen molar-refractivity contribution < 1.29 is 19.0 Å². The number of fused-ring (bicyclic) bond motifs is 1. The molecular weight excluding hydrogens is 444 g/mol. The summed E-state index contributed by atoms with van der Waals surface area (Å²) in [6.07, 6.45) is 0.183. The van der Waals surface area contributed by atoms with E-state index >= 15 is 0 Å². The highest BCUT2D eigenvalue weighted by molar-refractivity contribution is 9.10. The normalized spacial score (nSPS) is 11.8. The SMILES string of the molecule is COCCn1c(=NC(=O)Cc2ccc(OC)c(OC)c2)sc2cc(Br)ccc21. The number of hydrogen-bond donors (Lipinski definition) is 0. The van der Waals surface area contributed by atoms with E-state index in [2.05, 4.69) is 20.9 Å². The molecular formula is C20H21BrN2O4S. The lowest BCUT2D eigenvalue weighted by Crippen LogP contribution is -2.19. The van der Waals surface area contributed by atoms with Crippen LogP contribution in [0.15, 0.2) is 45.9 Å². The highest BCUT2D eigenvalue weighted by Gasteiger charge is 2.11. The lowest BCUT2D eigenvalue weighted by molar-refractivity contribution is -0.117. The largest absolute Gasteiger partial charge is 0.493 e.